The molecule has 0 spiro atoms. The quantitative estimate of drug-likeness (QED) is 0.513. The number of hydrogen-bond acceptors (Lipinski definition) is 3. The minimum atomic E-state index is -0.833. The van der Waals surface area contributed by atoms with Gasteiger partial charge in [0, 0.05) is 20.8 Å². The third-order valence-electron chi connectivity index (χ3n) is 0.496. The van der Waals surface area contributed by atoms with Crippen LogP contribution in [-0.2, 0) is 14.4 Å². The maximum atomic E-state index is 9.79. The second-order valence-corrected chi connectivity index (χ2v) is 1.63. The van der Waals surface area contributed by atoms with Gasteiger partial charge in [-0.15, -0.1) is 0 Å². The Labute approximate surface area is 105 Å². The van der Waals surface area contributed by atoms with E-state index in [0.29, 0.717) is 0 Å². The Bertz CT molecular complexity index is 137. The van der Waals surface area contributed by atoms with Gasteiger partial charge >= 0.3 is 48.9 Å². The van der Waals surface area contributed by atoms with Crippen molar-refractivity contribution in [3.05, 3.63) is 0 Å². The molecule has 0 saturated carbocycles. The van der Waals surface area contributed by atoms with Crippen LogP contribution in [0.1, 0.15) is 20.8 Å². The SMILES string of the molecule is CC(=O)C(C)=O.CC(=O)O.[BaH2]. The van der Waals surface area contributed by atoms with Crippen LogP contribution in [0, 0.1) is 0 Å². The predicted octanol–water partition coefficient (Wildman–Crippen LogP) is -0.661. The van der Waals surface area contributed by atoms with Crippen LogP contribution >= 0.6 is 0 Å². The summed E-state index contributed by atoms with van der Waals surface area (Å²) in [4.78, 5) is 28.6. The second kappa shape index (κ2) is 10.4. The van der Waals surface area contributed by atoms with Crippen molar-refractivity contribution in [1.29, 1.82) is 0 Å². The molecule has 0 heterocycles. The van der Waals surface area contributed by atoms with Crippen molar-refractivity contribution in [2.24, 2.45) is 0 Å². The normalized spacial score (nSPS) is 6.45. The molecule has 0 aliphatic heterocycles. The van der Waals surface area contributed by atoms with Crippen molar-refractivity contribution in [1.82, 2.24) is 0 Å². The molecule has 5 heteroatoms. The molecule has 0 aliphatic rings. The van der Waals surface area contributed by atoms with E-state index in [1.165, 1.54) is 13.8 Å². The summed E-state index contributed by atoms with van der Waals surface area (Å²) in [5.41, 5.74) is 0. The molecule has 4 nitrogen and oxygen atoms in total. The second-order valence-electron chi connectivity index (χ2n) is 1.63. The summed E-state index contributed by atoms with van der Waals surface area (Å²) < 4.78 is 0. The number of rotatable bonds is 1. The Morgan fingerprint density at radius 1 is 0.909 bits per heavy atom. The maximum absolute atomic E-state index is 9.79. The number of Topliss-reactive ketones (excluding diaryl/α,β-unsaturated/α-hetero) is 2. The number of carboxylic acids is 1. The van der Waals surface area contributed by atoms with Crippen molar-refractivity contribution >= 4 is 66.4 Å². The number of carbonyl (C=O) groups is 3. The van der Waals surface area contributed by atoms with E-state index in [9.17, 15) is 9.59 Å². The summed E-state index contributed by atoms with van der Waals surface area (Å²) in [5, 5.41) is 7.42. The van der Waals surface area contributed by atoms with Gasteiger partial charge in [0.25, 0.3) is 5.97 Å². The molecule has 0 fully saturated rings. The molecule has 0 amide bonds. The summed E-state index contributed by atoms with van der Waals surface area (Å²) in [6, 6.07) is 0. The molecule has 0 aliphatic carbocycles. The third kappa shape index (κ3) is 38.0. The number of carbonyl (C=O) groups excluding carboxylic acids is 2. The third-order valence-corrected chi connectivity index (χ3v) is 0.496. The van der Waals surface area contributed by atoms with Crippen molar-refractivity contribution in [2.75, 3.05) is 0 Å². The van der Waals surface area contributed by atoms with Gasteiger partial charge in [0.15, 0.2) is 11.6 Å². The number of hydrogen-bond donors (Lipinski definition) is 1. The molecular formula is C6H12BaO4. The predicted molar refractivity (Wildman–Crippen MR) is 43.2 cm³/mol. The first-order valence-electron chi connectivity index (χ1n) is 2.59. The van der Waals surface area contributed by atoms with Crippen LogP contribution < -0.4 is 0 Å². The number of ketones is 2. The van der Waals surface area contributed by atoms with Gasteiger partial charge in [-0.1, -0.05) is 0 Å². The molecular weight excluding hydrogens is 273 g/mol. The van der Waals surface area contributed by atoms with E-state index in [1.54, 1.807) is 0 Å². The molecule has 11 heavy (non-hydrogen) atoms. The van der Waals surface area contributed by atoms with Crippen molar-refractivity contribution in [2.45, 2.75) is 20.8 Å². The van der Waals surface area contributed by atoms with Crippen LogP contribution in [0.3, 0.4) is 0 Å². The van der Waals surface area contributed by atoms with E-state index in [0.717, 1.165) is 6.92 Å². The fourth-order valence-corrected chi connectivity index (χ4v) is 0. The van der Waals surface area contributed by atoms with Gasteiger partial charge in [-0.3, -0.25) is 14.4 Å². The van der Waals surface area contributed by atoms with Crippen molar-refractivity contribution in [3.63, 3.8) is 0 Å². The van der Waals surface area contributed by atoms with Gasteiger partial charge in [0.2, 0.25) is 0 Å². The Hall–Kier alpha value is 0.381. The van der Waals surface area contributed by atoms with Gasteiger partial charge in [0.1, 0.15) is 0 Å². The van der Waals surface area contributed by atoms with Gasteiger partial charge in [-0.2, -0.15) is 0 Å². The number of carboxylic acid groups (broad SMARTS) is 1. The molecule has 0 atom stereocenters. The Balaban J connectivity index is -0.000000114. The Morgan fingerprint density at radius 2 is 1.00 bits per heavy atom. The molecule has 0 radical (unpaired) electrons. The van der Waals surface area contributed by atoms with Gasteiger partial charge in [-0.05, 0) is 0 Å². The van der Waals surface area contributed by atoms with Crippen molar-refractivity contribution < 1.29 is 19.5 Å². The van der Waals surface area contributed by atoms with Crippen LogP contribution in [0.15, 0.2) is 0 Å². The topological polar surface area (TPSA) is 71.4 Å². The molecule has 0 rings (SSSR count). The summed E-state index contributed by atoms with van der Waals surface area (Å²) in [7, 11) is 0. The van der Waals surface area contributed by atoms with Crippen LogP contribution in [-0.4, -0.2) is 71.5 Å². The molecule has 62 valence electrons. The van der Waals surface area contributed by atoms with E-state index in [2.05, 4.69) is 0 Å². The zero-order valence-electron chi connectivity index (χ0n) is 6.17. The summed E-state index contributed by atoms with van der Waals surface area (Å²) in [6.45, 7) is 3.59. The average Bonchev–Trinajstić information content (AvgIpc) is 1.63. The van der Waals surface area contributed by atoms with Gasteiger partial charge in [0.05, 0.1) is 0 Å². The van der Waals surface area contributed by atoms with E-state index in [-0.39, 0.29) is 60.4 Å². The average molecular weight is 285 g/mol. The molecule has 0 unspecified atom stereocenters. The van der Waals surface area contributed by atoms with E-state index in [1.807, 2.05) is 0 Å². The van der Waals surface area contributed by atoms with Crippen molar-refractivity contribution in [3.8, 4) is 0 Å². The van der Waals surface area contributed by atoms with Crippen LogP contribution in [0.2, 0.25) is 0 Å². The van der Waals surface area contributed by atoms with E-state index < -0.39 is 5.97 Å². The first-order chi connectivity index (χ1) is 4.37. The van der Waals surface area contributed by atoms with E-state index in [4.69, 9.17) is 9.90 Å². The fraction of sp³-hybridized carbons (Fsp3) is 0.500. The molecule has 0 aromatic heterocycles. The Morgan fingerprint density at radius 3 is 1.00 bits per heavy atom. The van der Waals surface area contributed by atoms with E-state index >= 15 is 0 Å². The first-order valence-corrected chi connectivity index (χ1v) is 2.59. The fourth-order valence-electron chi connectivity index (χ4n) is 0. The number of aliphatic carboxylic acids is 1. The summed E-state index contributed by atoms with van der Waals surface area (Å²) in [5.74, 6) is -1.59. The summed E-state index contributed by atoms with van der Waals surface area (Å²) >= 11 is 0. The standard InChI is InChI=1S/C4H6O2.C2H4O2.Ba.2H/c1-3(5)4(2)6;1-2(3)4;;;/h1-2H3;1H3,(H,3,4);;;. The summed E-state index contributed by atoms with van der Waals surface area (Å²) in [6.07, 6.45) is 0. The molecule has 0 saturated heterocycles. The first kappa shape index (κ1) is 17.5. The minimum absolute atomic E-state index is 0. The zero-order valence-corrected chi connectivity index (χ0v) is 6.17. The van der Waals surface area contributed by atoms with Crippen LogP contribution in [0.4, 0.5) is 0 Å². The molecule has 0 aromatic rings. The molecule has 1 N–H and O–H groups in total. The molecule has 0 aromatic carbocycles. The van der Waals surface area contributed by atoms with Gasteiger partial charge in [-0.25, -0.2) is 0 Å². The van der Waals surface area contributed by atoms with Crippen LogP contribution in [0.25, 0.3) is 0 Å². The Kier molecular flexibility index (Phi) is 16.5. The van der Waals surface area contributed by atoms with Crippen LogP contribution in [0.5, 0.6) is 0 Å². The monoisotopic (exact) mass is 286 g/mol. The van der Waals surface area contributed by atoms with Gasteiger partial charge < -0.3 is 5.11 Å². The zero-order chi connectivity index (χ0) is 8.73. The molecule has 0 bridgehead atoms.